The summed E-state index contributed by atoms with van der Waals surface area (Å²) in [6.07, 6.45) is 7.97. The summed E-state index contributed by atoms with van der Waals surface area (Å²) in [5.74, 6) is 0. The zero-order chi connectivity index (χ0) is 14.4. The summed E-state index contributed by atoms with van der Waals surface area (Å²) in [5.41, 5.74) is 1.41. The molecule has 0 bridgehead atoms. The van der Waals surface area contributed by atoms with E-state index in [4.69, 9.17) is 0 Å². The first-order valence-corrected chi connectivity index (χ1v) is 8.55. The molecule has 0 spiro atoms. The van der Waals surface area contributed by atoms with E-state index < -0.39 is 0 Å². The number of hydrogen-bond acceptors (Lipinski definition) is 2. The Morgan fingerprint density at radius 3 is 2.60 bits per heavy atom. The molecule has 2 aromatic heterocycles. The van der Waals surface area contributed by atoms with Gasteiger partial charge in [0.25, 0.3) is 0 Å². The summed E-state index contributed by atoms with van der Waals surface area (Å²) in [6, 6.07) is 7.26. The predicted octanol–water partition coefficient (Wildman–Crippen LogP) is 4.61. The molecular weight excluding hydrogens is 264 g/mol. The predicted molar refractivity (Wildman–Crippen MR) is 88.6 cm³/mol. The molecule has 2 nitrogen and oxygen atoms in total. The van der Waals surface area contributed by atoms with Crippen molar-refractivity contribution in [1.29, 1.82) is 0 Å². The Kier molecular flexibility index (Phi) is 5.86. The van der Waals surface area contributed by atoms with Crippen molar-refractivity contribution in [3.63, 3.8) is 0 Å². The van der Waals surface area contributed by atoms with Crippen LogP contribution in [0, 0.1) is 0 Å². The summed E-state index contributed by atoms with van der Waals surface area (Å²) in [6.45, 7) is 8.77. The lowest BCUT2D eigenvalue weighted by Gasteiger charge is -2.15. The molecular formula is C17H26N2S. The molecule has 0 aliphatic carbocycles. The quantitative estimate of drug-likeness (QED) is 0.751. The second-order valence-electron chi connectivity index (χ2n) is 5.25. The molecule has 0 aliphatic rings. The maximum atomic E-state index is 3.62. The first-order chi connectivity index (χ1) is 9.76. The molecule has 110 valence electrons. The van der Waals surface area contributed by atoms with Crippen LogP contribution in [0.4, 0.5) is 0 Å². The first kappa shape index (κ1) is 15.3. The van der Waals surface area contributed by atoms with Crippen LogP contribution in [0.1, 0.15) is 55.0 Å². The molecule has 0 aromatic carbocycles. The van der Waals surface area contributed by atoms with Gasteiger partial charge in [0, 0.05) is 28.2 Å². The van der Waals surface area contributed by atoms with Gasteiger partial charge in [0.2, 0.25) is 0 Å². The molecule has 0 fully saturated rings. The third-order valence-corrected chi connectivity index (χ3v) is 4.84. The number of hydrogen-bond donors (Lipinski definition) is 1. The minimum Gasteiger partial charge on any atom is -0.349 e. The van der Waals surface area contributed by atoms with E-state index in [0.29, 0.717) is 6.04 Å². The number of aromatic nitrogens is 1. The Balaban J connectivity index is 2.00. The molecule has 1 unspecified atom stereocenters. The smallest absolute Gasteiger partial charge is 0.0563 e. The van der Waals surface area contributed by atoms with Gasteiger partial charge < -0.3 is 9.88 Å². The molecule has 2 heterocycles. The average Bonchev–Trinajstić information content (AvgIpc) is 3.10. The number of nitrogens with zero attached hydrogens (tertiary/aromatic N) is 1. The SMILES string of the molecule is CCCNC(CC)c1ccn(Cc2ccc(CC)s2)c1. The van der Waals surface area contributed by atoms with Crippen molar-refractivity contribution in [3.05, 3.63) is 45.9 Å². The van der Waals surface area contributed by atoms with Crippen molar-refractivity contribution in [2.75, 3.05) is 6.54 Å². The molecule has 20 heavy (non-hydrogen) atoms. The summed E-state index contributed by atoms with van der Waals surface area (Å²) in [5, 5.41) is 3.62. The van der Waals surface area contributed by atoms with Gasteiger partial charge in [-0.25, -0.2) is 0 Å². The number of nitrogens with one attached hydrogen (secondary N) is 1. The van der Waals surface area contributed by atoms with Crippen molar-refractivity contribution < 1.29 is 0 Å². The fourth-order valence-corrected chi connectivity index (χ4v) is 3.42. The highest BCUT2D eigenvalue weighted by atomic mass is 32.1. The van der Waals surface area contributed by atoms with Crippen molar-refractivity contribution in [2.24, 2.45) is 0 Å². The van der Waals surface area contributed by atoms with E-state index in [9.17, 15) is 0 Å². The van der Waals surface area contributed by atoms with Gasteiger partial charge in [-0.05, 0) is 49.6 Å². The fraction of sp³-hybridized carbons (Fsp3) is 0.529. The van der Waals surface area contributed by atoms with Crippen LogP contribution in [0.2, 0.25) is 0 Å². The molecule has 1 atom stereocenters. The van der Waals surface area contributed by atoms with Gasteiger partial charge >= 0.3 is 0 Å². The van der Waals surface area contributed by atoms with Gasteiger partial charge in [0.15, 0.2) is 0 Å². The zero-order valence-electron chi connectivity index (χ0n) is 12.9. The van der Waals surface area contributed by atoms with Crippen LogP contribution in [0.15, 0.2) is 30.6 Å². The third-order valence-electron chi connectivity index (χ3n) is 3.63. The lowest BCUT2D eigenvalue weighted by molar-refractivity contribution is 0.518. The highest BCUT2D eigenvalue weighted by molar-refractivity contribution is 7.11. The molecule has 0 saturated carbocycles. The van der Waals surface area contributed by atoms with Crippen molar-refractivity contribution >= 4 is 11.3 Å². The van der Waals surface area contributed by atoms with Crippen molar-refractivity contribution in [2.45, 2.75) is 52.6 Å². The number of thiophene rings is 1. The summed E-state index contributed by atoms with van der Waals surface area (Å²) >= 11 is 1.93. The third kappa shape index (κ3) is 3.97. The molecule has 1 N–H and O–H groups in total. The van der Waals surface area contributed by atoms with Crippen LogP contribution in [-0.4, -0.2) is 11.1 Å². The van der Waals surface area contributed by atoms with Gasteiger partial charge in [-0.15, -0.1) is 11.3 Å². The van der Waals surface area contributed by atoms with E-state index in [2.05, 4.69) is 61.2 Å². The average molecular weight is 290 g/mol. The van der Waals surface area contributed by atoms with E-state index in [1.54, 1.807) is 0 Å². The molecule has 0 radical (unpaired) electrons. The fourth-order valence-electron chi connectivity index (χ4n) is 2.46. The molecule has 0 saturated heterocycles. The largest absolute Gasteiger partial charge is 0.349 e. The Morgan fingerprint density at radius 2 is 1.95 bits per heavy atom. The van der Waals surface area contributed by atoms with Gasteiger partial charge in [-0.3, -0.25) is 0 Å². The lowest BCUT2D eigenvalue weighted by atomic mass is 10.1. The van der Waals surface area contributed by atoms with Crippen molar-refractivity contribution in [3.8, 4) is 0 Å². The maximum absolute atomic E-state index is 3.62. The zero-order valence-corrected chi connectivity index (χ0v) is 13.7. The second-order valence-corrected chi connectivity index (χ2v) is 6.51. The highest BCUT2D eigenvalue weighted by Crippen LogP contribution is 2.21. The number of aryl methyl sites for hydroxylation is 1. The van der Waals surface area contributed by atoms with Crippen LogP contribution in [0.25, 0.3) is 0 Å². The highest BCUT2D eigenvalue weighted by Gasteiger charge is 2.09. The molecule has 0 amide bonds. The van der Waals surface area contributed by atoms with Crippen LogP contribution < -0.4 is 5.32 Å². The van der Waals surface area contributed by atoms with E-state index in [1.165, 1.54) is 21.7 Å². The Bertz CT molecular complexity index is 513. The van der Waals surface area contributed by atoms with Crippen molar-refractivity contribution in [1.82, 2.24) is 9.88 Å². The van der Waals surface area contributed by atoms with E-state index >= 15 is 0 Å². The molecule has 2 aromatic rings. The second kappa shape index (κ2) is 7.65. The van der Waals surface area contributed by atoms with Gasteiger partial charge in [-0.1, -0.05) is 20.8 Å². The normalized spacial score (nSPS) is 12.8. The monoisotopic (exact) mass is 290 g/mol. The Morgan fingerprint density at radius 1 is 1.15 bits per heavy atom. The van der Waals surface area contributed by atoms with Crippen LogP contribution in [-0.2, 0) is 13.0 Å². The summed E-state index contributed by atoms with van der Waals surface area (Å²) in [7, 11) is 0. The topological polar surface area (TPSA) is 17.0 Å². The molecule has 3 heteroatoms. The summed E-state index contributed by atoms with van der Waals surface area (Å²) in [4.78, 5) is 2.92. The van der Waals surface area contributed by atoms with Crippen LogP contribution in [0.5, 0.6) is 0 Å². The maximum Gasteiger partial charge on any atom is 0.0563 e. The Hall–Kier alpha value is -1.06. The van der Waals surface area contributed by atoms with Crippen LogP contribution in [0.3, 0.4) is 0 Å². The lowest BCUT2D eigenvalue weighted by Crippen LogP contribution is -2.21. The minimum atomic E-state index is 0.491. The van der Waals surface area contributed by atoms with Gasteiger partial charge in [-0.2, -0.15) is 0 Å². The molecule has 0 aliphatic heterocycles. The summed E-state index contributed by atoms with van der Waals surface area (Å²) < 4.78 is 2.30. The van der Waals surface area contributed by atoms with E-state index in [-0.39, 0.29) is 0 Å². The Labute approximate surface area is 126 Å². The van der Waals surface area contributed by atoms with Crippen LogP contribution >= 0.6 is 11.3 Å². The standard InChI is InChI=1S/C17H26N2S/c1-4-10-18-17(6-3)14-9-11-19(12-14)13-16-8-7-15(5-2)20-16/h7-9,11-12,17-18H,4-6,10,13H2,1-3H3. The van der Waals surface area contributed by atoms with E-state index in [1.807, 2.05) is 11.3 Å². The minimum absolute atomic E-state index is 0.491. The van der Waals surface area contributed by atoms with E-state index in [0.717, 1.165) is 25.9 Å². The van der Waals surface area contributed by atoms with Gasteiger partial charge in [0.1, 0.15) is 0 Å². The van der Waals surface area contributed by atoms with Gasteiger partial charge in [0.05, 0.1) is 6.54 Å². The molecule has 2 rings (SSSR count). The first-order valence-electron chi connectivity index (χ1n) is 7.73. The number of rotatable bonds is 8.